The van der Waals surface area contributed by atoms with Gasteiger partial charge in [0.1, 0.15) is 4.34 Å². The molecule has 0 saturated carbocycles. The molecule has 0 N–H and O–H groups in total. The van der Waals surface area contributed by atoms with Gasteiger partial charge in [-0.3, -0.25) is 0 Å². The summed E-state index contributed by atoms with van der Waals surface area (Å²) in [6.07, 6.45) is 1.65. The second-order valence-electron chi connectivity index (χ2n) is 1.18. The van der Waals surface area contributed by atoms with Crippen LogP contribution >= 0.6 is 22.9 Å². The number of halogens is 1. The minimum Gasteiger partial charge on any atom is -0.248 e. The highest BCUT2D eigenvalue weighted by molar-refractivity contribution is 7.15. The highest BCUT2D eigenvalue weighted by atomic mass is 35.5. The van der Waals surface area contributed by atoms with Crippen molar-refractivity contribution in [2.45, 2.75) is 34.6 Å². The molecule has 0 aliphatic carbocycles. The van der Waals surface area contributed by atoms with E-state index >= 15 is 0 Å². The summed E-state index contributed by atoms with van der Waals surface area (Å²) < 4.78 is 0.762. The lowest BCUT2D eigenvalue weighted by Crippen LogP contribution is -1.56. The molecule has 11 heavy (non-hydrogen) atoms. The van der Waals surface area contributed by atoms with Gasteiger partial charge in [0.25, 0.3) is 0 Å². The molecule has 0 spiro atoms. The normalized spacial score (nSPS) is 7.09. The summed E-state index contributed by atoms with van der Waals surface area (Å²) in [6, 6.07) is 0. The van der Waals surface area contributed by atoms with Crippen molar-refractivity contribution in [3.05, 3.63) is 15.5 Å². The summed E-state index contributed by atoms with van der Waals surface area (Å²) >= 11 is 7.01. The van der Waals surface area contributed by atoms with Crippen LogP contribution in [-0.4, -0.2) is 4.98 Å². The molecule has 0 aliphatic heterocycles. The highest BCUT2D eigenvalue weighted by Gasteiger charge is 1.88. The summed E-state index contributed by atoms with van der Waals surface area (Å²) in [6.45, 7) is 9.93. The maximum atomic E-state index is 5.52. The van der Waals surface area contributed by atoms with Gasteiger partial charge in [0, 0.05) is 0 Å². The lowest BCUT2D eigenvalue weighted by molar-refractivity contribution is 1.30. The Labute approximate surface area is 78.4 Å². The molecular formula is C8H16ClNS. The average molecular weight is 194 g/mol. The summed E-state index contributed by atoms with van der Waals surface area (Å²) in [5.74, 6) is 0. The van der Waals surface area contributed by atoms with Crippen molar-refractivity contribution < 1.29 is 0 Å². The lowest BCUT2D eigenvalue weighted by Gasteiger charge is -1.66. The van der Waals surface area contributed by atoms with Crippen LogP contribution in [0.2, 0.25) is 4.34 Å². The first-order chi connectivity index (χ1) is 5.29. The van der Waals surface area contributed by atoms with E-state index in [1.807, 2.05) is 34.6 Å². The molecule has 1 aromatic rings. The minimum absolute atomic E-state index is 0.762. The van der Waals surface area contributed by atoms with E-state index in [4.69, 9.17) is 11.6 Å². The van der Waals surface area contributed by atoms with Crippen LogP contribution < -0.4 is 0 Å². The van der Waals surface area contributed by atoms with Crippen molar-refractivity contribution in [2.24, 2.45) is 0 Å². The number of rotatable bonds is 0. The number of hydrogen-bond acceptors (Lipinski definition) is 2. The van der Waals surface area contributed by atoms with E-state index in [0.29, 0.717) is 0 Å². The number of aryl methyl sites for hydroxylation is 1. The van der Waals surface area contributed by atoms with Crippen molar-refractivity contribution in [1.82, 2.24) is 4.98 Å². The molecule has 1 nitrogen and oxygen atoms in total. The van der Waals surface area contributed by atoms with Gasteiger partial charge in [0.2, 0.25) is 0 Å². The third kappa shape index (κ3) is 7.82. The largest absolute Gasteiger partial charge is 0.248 e. The molecular weight excluding hydrogens is 178 g/mol. The van der Waals surface area contributed by atoms with Crippen molar-refractivity contribution in [2.75, 3.05) is 0 Å². The first-order valence-electron chi connectivity index (χ1n) is 3.87. The van der Waals surface area contributed by atoms with Crippen molar-refractivity contribution in [1.29, 1.82) is 0 Å². The van der Waals surface area contributed by atoms with Crippen molar-refractivity contribution >= 4 is 22.9 Å². The maximum absolute atomic E-state index is 5.52. The molecule has 1 aromatic heterocycles. The van der Waals surface area contributed by atoms with Gasteiger partial charge >= 0.3 is 0 Å². The second-order valence-corrected chi connectivity index (χ2v) is 3.05. The first kappa shape index (κ1) is 13.5. The van der Waals surface area contributed by atoms with Crippen LogP contribution in [0.5, 0.6) is 0 Å². The molecule has 0 amide bonds. The third-order valence-corrected chi connectivity index (χ3v) is 1.62. The van der Waals surface area contributed by atoms with Crippen LogP contribution in [-0.2, 0) is 0 Å². The Morgan fingerprint density at radius 2 is 1.73 bits per heavy atom. The van der Waals surface area contributed by atoms with Crippen LogP contribution in [0.1, 0.15) is 32.7 Å². The molecule has 0 saturated heterocycles. The molecule has 0 radical (unpaired) electrons. The van der Waals surface area contributed by atoms with E-state index in [0.717, 1.165) is 9.34 Å². The van der Waals surface area contributed by atoms with Crippen LogP contribution in [0.3, 0.4) is 0 Å². The van der Waals surface area contributed by atoms with Gasteiger partial charge in [-0.2, -0.15) is 0 Å². The van der Waals surface area contributed by atoms with E-state index in [1.165, 1.54) is 11.3 Å². The molecule has 0 unspecified atom stereocenters. The minimum atomic E-state index is 0.762. The van der Waals surface area contributed by atoms with Gasteiger partial charge in [-0.05, 0) is 6.92 Å². The summed E-state index contributed by atoms with van der Waals surface area (Å²) in [5, 5.41) is 1.02. The van der Waals surface area contributed by atoms with Gasteiger partial charge < -0.3 is 0 Å². The third-order valence-electron chi connectivity index (χ3n) is 0.593. The smallest absolute Gasteiger partial charge is 0.113 e. The van der Waals surface area contributed by atoms with E-state index < -0.39 is 0 Å². The number of hydrogen-bond donors (Lipinski definition) is 0. The topological polar surface area (TPSA) is 12.9 Å². The van der Waals surface area contributed by atoms with Gasteiger partial charge in [-0.25, -0.2) is 4.98 Å². The molecule has 0 aliphatic rings. The summed E-state index contributed by atoms with van der Waals surface area (Å²) in [5.41, 5.74) is 0. The fourth-order valence-electron chi connectivity index (χ4n) is 0.335. The van der Waals surface area contributed by atoms with E-state index in [2.05, 4.69) is 4.98 Å². The van der Waals surface area contributed by atoms with Gasteiger partial charge in [0.05, 0.1) is 11.2 Å². The maximum Gasteiger partial charge on any atom is 0.113 e. The number of nitrogens with zero attached hydrogens (tertiary/aromatic N) is 1. The van der Waals surface area contributed by atoms with Crippen LogP contribution in [0.4, 0.5) is 0 Å². The predicted octanol–water partition coefficient (Wildman–Crippen LogP) is 4.16. The molecule has 0 atom stereocenters. The Bertz CT molecular complexity index is 146. The SMILES string of the molecule is CC.CC.Cc1ncc(Cl)s1. The van der Waals surface area contributed by atoms with Crippen LogP contribution in [0.15, 0.2) is 6.20 Å². The Balaban J connectivity index is 0. The Morgan fingerprint density at radius 1 is 1.27 bits per heavy atom. The molecule has 0 fully saturated rings. The molecule has 0 bridgehead atoms. The van der Waals surface area contributed by atoms with Crippen molar-refractivity contribution in [3.63, 3.8) is 0 Å². The number of thiazole rings is 1. The second kappa shape index (κ2) is 9.92. The zero-order valence-electron chi connectivity index (χ0n) is 7.81. The predicted molar refractivity (Wildman–Crippen MR) is 54.6 cm³/mol. The molecule has 1 rings (SSSR count). The monoisotopic (exact) mass is 193 g/mol. The Kier molecular flexibility index (Phi) is 12.2. The van der Waals surface area contributed by atoms with E-state index in [9.17, 15) is 0 Å². The Hall–Kier alpha value is -0.0800. The zero-order chi connectivity index (χ0) is 9.28. The van der Waals surface area contributed by atoms with Gasteiger partial charge in [-0.1, -0.05) is 39.3 Å². The summed E-state index contributed by atoms with van der Waals surface area (Å²) in [7, 11) is 0. The van der Waals surface area contributed by atoms with E-state index in [1.54, 1.807) is 6.20 Å². The van der Waals surface area contributed by atoms with Gasteiger partial charge in [-0.15, -0.1) is 11.3 Å². The molecule has 3 heteroatoms. The van der Waals surface area contributed by atoms with Crippen LogP contribution in [0, 0.1) is 6.92 Å². The standard InChI is InChI=1S/C4H4ClNS.2C2H6/c1-3-6-2-4(5)7-3;2*1-2/h2H,1H3;2*1-2H3. The fourth-order valence-corrected chi connectivity index (χ4v) is 1.21. The van der Waals surface area contributed by atoms with Crippen molar-refractivity contribution in [3.8, 4) is 0 Å². The molecule has 66 valence electrons. The van der Waals surface area contributed by atoms with Crippen LogP contribution in [0.25, 0.3) is 0 Å². The van der Waals surface area contributed by atoms with Gasteiger partial charge in [0.15, 0.2) is 0 Å². The zero-order valence-corrected chi connectivity index (χ0v) is 9.38. The first-order valence-corrected chi connectivity index (χ1v) is 5.06. The Morgan fingerprint density at radius 3 is 1.82 bits per heavy atom. The summed E-state index contributed by atoms with van der Waals surface area (Å²) in [4.78, 5) is 3.90. The lowest BCUT2D eigenvalue weighted by atomic mass is 10.8. The molecule has 1 heterocycles. The quantitative estimate of drug-likeness (QED) is 0.603. The molecule has 0 aromatic carbocycles. The average Bonchev–Trinajstić information content (AvgIpc) is 2.43. The fraction of sp³-hybridized carbons (Fsp3) is 0.625. The number of aromatic nitrogens is 1. The van der Waals surface area contributed by atoms with E-state index in [-0.39, 0.29) is 0 Å². The highest BCUT2D eigenvalue weighted by Crippen LogP contribution is 2.16.